The molecule has 1 atom stereocenters. The molecule has 2 aromatic rings. The third-order valence-corrected chi connectivity index (χ3v) is 2.98. The number of anilines is 1. The van der Waals surface area contributed by atoms with Gasteiger partial charge in [-0.3, -0.25) is 0 Å². The molecule has 4 nitrogen and oxygen atoms in total. The van der Waals surface area contributed by atoms with E-state index in [0.717, 1.165) is 11.1 Å². The number of rotatable bonds is 4. The first-order valence-corrected chi connectivity index (χ1v) is 6.48. The number of nitrogen functional groups attached to an aromatic ring is 1. The van der Waals surface area contributed by atoms with Crippen molar-refractivity contribution in [1.29, 1.82) is 0 Å². The summed E-state index contributed by atoms with van der Waals surface area (Å²) < 4.78 is 5.17. The maximum absolute atomic E-state index is 11.7. The molecule has 0 saturated carbocycles. The highest BCUT2D eigenvalue weighted by Crippen LogP contribution is 2.14. The molecule has 0 saturated heterocycles. The van der Waals surface area contributed by atoms with Gasteiger partial charge < -0.3 is 15.8 Å². The summed E-state index contributed by atoms with van der Waals surface area (Å²) in [5.41, 5.74) is 8.27. The Balaban J connectivity index is 1.83. The first kappa shape index (κ1) is 13.9. The Morgan fingerprint density at radius 2 is 1.80 bits per heavy atom. The van der Waals surface area contributed by atoms with Gasteiger partial charge in [0.1, 0.15) is 6.61 Å². The van der Waals surface area contributed by atoms with Crippen molar-refractivity contribution in [3.8, 4) is 0 Å². The van der Waals surface area contributed by atoms with Gasteiger partial charge >= 0.3 is 6.09 Å². The molecule has 2 aromatic carbocycles. The highest BCUT2D eigenvalue weighted by molar-refractivity contribution is 5.67. The fourth-order valence-electron chi connectivity index (χ4n) is 1.81. The van der Waals surface area contributed by atoms with Crippen LogP contribution >= 0.6 is 0 Å². The van der Waals surface area contributed by atoms with E-state index in [0.29, 0.717) is 5.69 Å². The Morgan fingerprint density at radius 3 is 2.45 bits per heavy atom. The molecule has 0 aliphatic carbocycles. The Bertz CT molecular complexity index is 552. The number of nitrogens with two attached hydrogens (primary N) is 1. The summed E-state index contributed by atoms with van der Waals surface area (Å²) in [4.78, 5) is 11.7. The molecule has 0 radical (unpaired) electrons. The van der Waals surface area contributed by atoms with Crippen molar-refractivity contribution >= 4 is 11.8 Å². The van der Waals surface area contributed by atoms with Crippen LogP contribution in [0.4, 0.5) is 10.5 Å². The van der Waals surface area contributed by atoms with Gasteiger partial charge in [-0.25, -0.2) is 4.79 Å². The molecule has 1 unspecified atom stereocenters. The largest absolute Gasteiger partial charge is 0.445 e. The summed E-state index contributed by atoms with van der Waals surface area (Å²) in [7, 11) is 0. The molecule has 0 heterocycles. The third kappa shape index (κ3) is 4.02. The second kappa shape index (κ2) is 6.61. The lowest BCUT2D eigenvalue weighted by Crippen LogP contribution is -2.27. The minimum absolute atomic E-state index is 0.126. The Hall–Kier alpha value is -2.49. The Labute approximate surface area is 118 Å². The Kier molecular flexibility index (Phi) is 4.60. The smallest absolute Gasteiger partial charge is 0.407 e. The minimum atomic E-state index is -0.432. The molecule has 4 heteroatoms. The van der Waals surface area contributed by atoms with Gasteiger partial charge in [-0.2, -0.15) is 0 Å². The second-order valence-electron chi connectivity index (χ2n) is 4.59. The maximum atomic E-state index is 11.7. The van der Waals surface area contributed by atoms with E-state index < -0.39 is 6.09 Å². The van der Waals surface area contributed by atoms with Gasteiger partial charge in [-0.05, 0) is 30.2 Å². The van der Waals surface area contributed by atoms with Crippen LogP contribution in [0.25, 0.3) is 0 Å². The van der Waals surface area contributed by atoms with Gasteiger partial charge in [0.2, 0.25) is 0 Å². The fraction of sp³-hybridized carbons (Fsp3) is 0.188. The van der Waals surface area contributed by atoms with Crippen molar-refractivity contribution < 1.29 is 9.53 Å². The van der Waals surface area contributed by atoms with E-state index in [1.807, 2.05) is 61.5 Å². The number of carbonyl (C=O) groups is 1. The molecular weight excluding hydrogens is 252 g/mol. The van der Waals surface area contributed by atoms with Gasteiger partial charge in [-0.1, -0.05) is 42.5 Å². The molecule has 0 spiro atoms. The van der Waals surface area contributed by atoms with Crippen molar-refractivity contribution in [2.24, 2.45) is 0 Å². The molecule has 104 valence electrons. The molecule has 1 amide bonds. The summed E-state index contributed by atoms with van der Waals surface area (Å²) in [6.07, 6.45) is -0.432. The lowest BCUT2D eigenvalue weighted by molar-refractivity contribution is 0.136. The van der Waals surface area contributed by atoms with E-state index in [9.17, 15) is 4.79 Å². The van der Waals surface area contributed by atoms with Crippen LogP contribution in [0.2, 0.25) is 0 Å². The summed E-state index contributed by atoms with van der Waals surface area (Å²) in [5.74, 6) is 0. The van der Waals surface area contributed by atoms with E-state index in [4.69, 9.17) is 10.5 Å². The molecule has 20 heavy (non-hydrogen) atoms. The monoisotopic (exact) mass is 270 g/mol. The van der Waals surface area contributed by atoms with Gasteiger partial charge in [0.15, 0.2) is 0 Å². The van der Waals surface area contributed by atoms with Crippen LogP contribution in [-0.4, -0.2) is 6.09 Å². The standard InChI is InChI=1S/C16H18N2O2/c1-12(14-7-9-15(17)10-8-14)18-16(19)20-11-13-5-3-2-4-6-13/h2-10,12H,11,17H2,1H3,(H,18,19). The number of amides is 1. The van der Waals surface area contributed by atoms with Crippen LogP contribution in [0.1, 0.15) is 24.1 Å². The van der Waals surface area contributed by atoms with E-state index in [2.05, 4.69) is 5.32 Å². The molecule has 3 N–H and O–H groups in total. The molecule has 0 fully saturated rings. The van der Waals surface area contributed by atoms with Crippen LogP contribution in [-0.2, 0) is 11.3 Å². The number of alkyl carbamates (subject to hydrolysis) is 1. The van der Waals surface area contributed by atoms with E-state index in [1.54, 1.807) is 0 Å². The van der Waals surface area contributed by atoms with Crippen molar-refractivity contribution in [2.75, 3.05) is 5.73 Å². The van der Waals surface area contributed by atoms with E-state index in [1.165, 1.54) is 0 Å². The number of carbonyl (C=O) groups excluding carboxylic acids is 1. The zero-order valence-corrected chi connectivity index (χ0v) is 11.4. The number of ether oxygens (including phenoxy) is 1. The summed E-state index contributed by atoms with van der Waals surface area (Å²) in [6, 6.07) is 16.8. The maximum Gasteiger partial charge on any atom is 0.407 e. The summed E-state index contributed by atoms with van der Waals surface area (Å²) >= 11 is 0. The summed E-state index contributed by atoms with van der Waals surface area (Å²) in [5, 5.41) is 2.78. The number of nitrogens with one attached hydrogen (secondary N) is 1. The van der Waals surface area contributed by atoms with Crippen LogP contribution in [0.5, 0.6) is 0 Å². The van der Waals surface area contributed by atoms with Crippen LogP contribution in [0.15, 0.2) is 54.6 Å². The Morgan fingerprint density at radius 1 is 1.15 bits per heavy atom. The van der Waals surface area contributed by atoms with Crippen molar-refractivity contribution in [1.82, 2.24) is 5.32 Å². The van der Waals surface area contributed by atoms with Crippen LogP contribution < -0.4 is 11.1 Å². The molecule has 0 aliphatic heterocycles. The quantitative estimate of drug-likeness (QED) is 0.838. The first-order valence-electron chi connectivity index (χ1n) is 6.48. The van der Waals surface area contributed by atoms with Crippen LogP contribution in [0, 0.1) is 0 Å². The second-order valence-corrected chi connectivity index (χ2v) is 4.59. The molecule has 0 aromatic heterocycles. The topological polar surface area (TPSA) is 64.3 Å². The molecule has 2 rings (SSSR count). The van der Waals surface area contributed by atoms with Gasteiger partial charge in [0, 0.05) is 5.69 Å². The van der Waals surface area contributed by atoms with E-state index in [-0.39, 0.29) is 12.6 Å². The van der Waals surface area contributed by atoms with Crippen molar-refractivity contribution in [2.45, 2.75) is 19.6 Å². The highest BCUT2D eigenvalue weighted by Gasteiger charge is 2.10. The molecule has 0 bridgehead atoms. The predicted octanol–water partition coefficient (Wildman–Crippen LogP) is 3.26. The van der Waals surface area contributed by atoms with E-state index >= 15 is 0 Å². The number of benzene rings is 2. The normalized spacial score (nSPS) is 11.7. The lowest BCUT2D eigenvalue weighted by Gasteiger charge is -2.14. The summed E-state index contributed by atoms with van der Waals surface area (Å²) in [6.45, 7) is 2.16. The molecular formula is C16H18N2O2. The van der Waals surface area contributed by atoms with Crippen molar-refractivity contribution in [3.63, 3.8) is 0 Å². The fourth-order valence-corrected chi connectivity index (χ4v) is 1.81. The van der Waals surface area contributed by atoms with Gasteiger partial charge in [-0.15, -0.1) is 0 Å². The average molecular weight is 270 g/mol. The zero-order valence-electron chi connectivity index (χ0n) is 11.4. The van der Waals surface area contributed by atoms with Crippen LogP contribution in [0.3, 0.4) is 0 Å². The predicted molar refractivity (Wildman–Crippen MR) is 79.0 cm³/mol. The average Bonchev–Trinajstić information content (AvgIpc) is 2.47. The molecule has 0 aliphatic rings. The third-order valence-electron chi connectivity index (χ3n) is 2.98. The van der Waals surface area contributed by atoms with Gasteiger partial charge in [0.25, 0.3) is 0 Å². The zero-order chi connectivity index (χ0) is 14.4. The number of hydrogen-bond acceptors (Lipinski definition) is 3. The SMILES string of the molecule is CC(NC(=O)OCc1ccccc1)c1ccc(N)cc1. The first-order chi connectivity index (χ1) is 9.65. The minimum Gasteiger partial charge on any atom is -0.445 e. The lowest BCUT2D eigenvalue weighted by atomic mass is 10.1. The highest BCUT2D eigenvalue weighted by atomic mass is 16.5. The van der Waals surface area contributed by atoms with Crippen molar-refractivity contribution in [3.05, 3.63) is 65.7 Å². The van der Waals surface area contributed by atoms with Gasteiger partial charge in [0.05, 0.1) is 6.04 Å². The number of hydrogen-bond donors (Lipinski definition) is 2.